The van der Waals surface area contributed by atoms with E-state index >= 15 is 0 Å². The van der Waals surface area contributed by atoms with Crippen molar-refractivity contribution in [1.29, 1.82) is 0 Å². The Hall–Kier alpha value is -1.09. The van der Waals surface area contributed by atoms with Crippen molar-refractivity contribution < 1.29 is 0 Å². The third-order valence-corrected chi connectivity index (χ3v) is 2.69. The summed E-state index contributed by atoms with van der Waals surface area (Å²) in [5.41, 5.74) is 2.50. The lowest BCUT2D eigenvalue weighted by atomic mass is 10.1. The van der Waals surface area contributed by atoms with Crippen LogP contribution in [-0.2, 0) is 13.0 Å². The van der Waals surface area contributed by atoms with E-state index in [0.717, 1.165) is 31.0 Å². The Morgan fingerprint density at radius 1 is 1.21 bits per heavy atom. The predicted octanol–water partition coefficient (Wildman–Crippen LogP) is 3.60. The monoisotopic (exact) mass is 263 g/mol. The Kier molecular flexibility index (Phi) is 5.80. The zero-order valence-electron chi connectivity index (χ0n) is 13.3. The summed E-state index contributed by atoms with van der Waals surface area (Å²) in [4.78, 5) is 4.64. The summed E-state index contributed by atoms with van der Waals surface area (Å²) in [6, 6.07) is 4.35. The number of hydrogen-bond acceptors (Lipinski definition) is 3. The standard InChI is InChI=1S/C16H29N3/c1-7-14-8-13(11-17-10-12(2)3)9-15(18-14)19-16(4,5)6/h8-9,12,17H,7,10-11H2,1-6H3,(H,18,19). The molecule has 0 bridgehead atoms. The number of hydrogen-bond donors (Lipinski definition) is 2. The Morgan fingerprint density at radius 3 is 2.42 bits per heavy atom. The third kappa shape index (κ3) is 6.58. The zero-order valence-corrected chi connectivity index (χ0v) is 13.3. The van der Waals surface area contributed by atoms with Crippen LogP contribution < -0.4 is 10.6 Å². The molecule has 0 aliphatic carbocycles. The SMILES string of the molecule is CCc1cc(CNCC(C)C)cc(NC(C)(C)C)n1. The maximum absolute atomic E-state index is 4.64. The van der Waals surface area contributed by atoms with Gasteiger partial charge in [0.1, 0.15) is 5.82 Å². The van der Waals surface area contributed by atoms with Gasteiger partial charge in [0, 0.05) is 17.8 Å². The van der Waals surface area contributed by atoms with E-state index in [0.29, 0.717) is 5.92 Å². The Morgan fingerprint density at radius 2 is 1.89 bits per heavy atom. The lowest BCUT2D eigenvalue weighted by molar-refractivity contribution is 0.552. The van der Waals surface area contributed by atoms with E-state index in [1.165, 1.54) is 5.56 Å². The van der Waals surface area contributed by atoms with Gasteiger partial charge in [0.25, 0.3) is 0 Å². The van der Waals surface area contributed by atoms with E-state index in [1.54, 1.807) is 0 Å². The third-order valence-electron chi connectivity index (χ3n) is 2.69. The first kappa shape index (κ1) is 16.0. The first-order chi connectivity index (χ1) is 8.80. The molecule has 108 valence electrons. The van der Waals surface area contributed by atoms with Gasteiger partial charge in [-0.05, 0) is 57.4 Å². The smallest absolute Gasteiger partial charge is 0.126 e. The van der Waals surface area contributed by atoms with Crippen LogP contribution in [0.3, 0.4) is 0 Å². The molecule has 0 spiro atoms. The maximum atomic E-state index is 4.64. The highest BCUT2D eigenvalue weighted by Gasteiger charge is 2.11. The van der Waals surface area contributed by atoms with Gasteiger partial charge in [-0.15, -0.1) is 0 Å². The Labute approximate surface area is 118 Å². The first-order valence-corrected chi connectivity index (χ1v) is 7.29. The number of nitrogens with zero attached hydrogens (tertiary/aromatic N) is 1. The molecule has 19 heavy (non-hydrogen) atoms. The van der Waals surface area contributed by atoms with E-state index in [1.807, 2.05) is 0 Å². The highest BCUT2D eigenvalue weighted by atomic mass is 15.0. The maximum Gasteiger partial charge on any atom is 0.126 e. The summed E-state index contributed by atoms with van der Waals surface area (Å²) in [5, 5.41) is 6.94. The Bertz CT molecular complexity index is 391. The lowest BCUT2D eigenvalue weighted by Crippen LogP contribution is -2.27. The fourth-order valence-corrected chi connectivity index (χ4v) is 1.89. The molecule has 0 atom stereocenters. The fourth-order valence-electron chi connectivity index (χ4n) is 1.89. The molecule has 0 radical (unpaired) electrons. The molecule has 0 fully saturated rings. The van der Waals surface area contributed by atoms with Crippen LogP contribution in [0.2, 0.25) is 0 Å². The van der Waals surface area contributed by atoms with E-state index in [9.17, 15) is 0 Å². The Balaban J connectivity index is 2.77. The minimum absolute atomic E-state index is 0.0436. The van der Waals surface area contributed by atoms with Crippen LogP contribution in [-0.4, -0.2) is 17.1 Å². The average Bonchev–Trinajstić information content (AvgIpc) is 2.25. The second-order valence-electron chi connectivity index (χ2n) is 6.61. The number of nitrogens with one attached hydrogen (secondary N) is 2. The number of pyridine rings is 1. The molecule has 0 aliphatic rings. The summed E-state index contributed by atoms with van der Waals surface area (Å²) in [6.07, 6.45) is 0.969. The van der Waals surface area contributed by atoms with Crippen molar-refractivity contribution in [2.45, 2.75) is 60.0 Å². The molecule has 2 N–H and O–H groups in total. The summed E-state index contributed by atoms with van der Waals surface area (Å²) in [7, 11) is 0. The van der Waals surface area contributed by atoms with Crippen LogP contribution >= 0.6 is 0 Å². The number of aryl methyl sites for hydroxylation is 1. The molecular formula is C16H29N3. The van der Waals surface area contributed by atoms with Gasteiger partial charge in [-0.3, -0.25) is 0 Å². The zero-order chi connectivity index (χ0) is 14.5. The van der Waals surface area contributed by atoms with Crippen LogP contribution in [0.25, 0.3) is 0 Å². The molecule has 0 aliphatic heterocycles. The van der Waals surface area contributed by atoms with Gasteiger partial charge in [0.05, 0.1) is 0 Å². The molecule has 1 aromatic rings. The molecule has 1 aromatic heterocycles. The van der Waals surface area contributed by atoms with Gasteiger partial charge in [-0.25, -0.2) is 4.98 Å². The first-order valence-electron chi connectivity index (χ1n) is 7.29. The lowest BCUT2D eigenvalue weighted by Gasteiger charge is -2.22. The van der Waals surface area contributed by atoms with Gasteiger partial charge in [0.15, 0.2) is 0 Å². The highest BCUT2D eigenvalue weighted by molar-refractivity contribution is 5.41. The van der Waals surface area contributed by atoms with Gasteiger partial charge >= 0.3 is 0 Å². The molecule has 3 heteroatoms. The van der Waals surface area contributed by atoms with Gasteiger partial charge in [-0.2, -0.15) is 0 Å². The summed E-state index contributed by atoms with van der Waals surface area (Å²) < 4.78 is 0. The normalized spacial score (nSPS) is 11.9. The van der Waals surface area contributed by atoms with Crippen molar-refractivity contribution >= 4 is 5.82 Å². The molecular weight excluding hydrogens is 234 g/mol. The number of aromatic nitrogens is 1. The second-order valence-corrected chi connectivity index (χ2v) is 6.61. The summed E-state index contributed by atoms with van der Waals surface area (Å²) in [6.45, 7) is 15.0. The largest absolute Gasteiger partial charge is 0.365 e. The van der Waals surface area contributed by atoms with Crippen LogP contribution in [0.5, 0.6) is 0 Å². The quantitative estimate of drug-likeness (QED) is 0.823. The van der Waals surface area contributed by atoms with Crippen LogP contribution in [0.4, 0.5) is 5.82 Å². The van der Waals surface area contributed by atoms with Crippen molar-refractivity contribution in [2.24, 2.45) is 5.92 Å². The molecule has 0 aromatic carbocycles. The van der Waals surface area contributed by atoms with Crippen molar-refractivity contribution in [3.05, 3.63) is 23.4 Å². The number of anilines is 1. The van der Waals surface area contributed by atoms with Gasteiger partial charge in [0.2, 0.25) is 0 Å². The van der Waals surface area contributed by atoms with E-state index in [4.69, 9.17) is 0 Å². The second kappa shape index (κ2) is 6.90. The molecule has 0 saturated heterocycles. The fraction of sp³-hybridized carbons (Fsp3) is 0.688. The molecule has 0 saturated carbocycles. The minimum Gasteiger partial charge on any atom is -0.365 e. The van der Waals surface area contributed by atoms with E-state index in [2.05, 4.69) is 69.3 Å². The van der Waals surface area contributed by atoms with E-state index in [-0.39, 0.29) is 5.54 Å². The van der Waals surface area contributed by atoms with Crippen LogP contribution in [0, 0.1) is 5.92 Å². The molecule has 0 unspecified atom stereocenters. The van der Waals surface area contributed by atoms with Crippen molar-refractivity contribution in [2.75, 3.05) is 11.9 Å². The van der Waals surface area contributed by atoms with Gasteiger partial charge in [-0.1, -0.05) is 20.8 Å². The molecule has 1 heterocycles. The van der Waals surface area contributed by atoms with Crippen molar-refractivity contribution in [1.82, 2.24) is 10.3 Å². The van der Waals surface area contributed by atoms with Crippen molar-refractivity contribution in [3.8, 4) is 0 Å². The molecule has 1 rings (SSSR count). The minimum atomic E-state index is 0.0436. The highest BCUT2D eigenvalue weighted by Crippen LogP contribution is 2.16. The molecule has 0 amide bonds. The predicted molar refractivity (Wildman–Crippen MR) is 83.5 cm³/mol. The van der Waals surface area contributed by atoms with Crippen LogP contribution in [0.1, 0.15) is 52.8 Å². The number of rotatable bonds is 6. The molecule has 3 nitrogen and oxygen atoms in total. The average molecular weight is 263 g/mol. The summed E-state index contributed by atoms with van der Waals surface area (Å²) >= 11 is 0. The van der Waals surface area contributed by atoms with E-state index < -0.39 is 0 Å². The summed E-state index contributed by atoms with van der Waals surface area (Å²) in [5.74, 6) is 1.66. The van der Waals surface area contributed by atoms with Gasteiger partial charge < -0.3 is 10.6 Å². The topological polar surface area (TPSA) is 37.0 Å². The van der Waals surface area contributed by atoms with Crippen LogP contribution in [0.15, 0.2) is 12.1 Å². The van der Waals surface area contributed by atoms with Crippen molar-refractivity contribution in [3.63, 3.8) is 0 Å².